The molecule has 0 saturated carbocycles. The highest BCUT2D eigenvalue weighted by Gasteiger charge is 2.16. The second kappa shape index (κ2) is 3.52. The normalized spacial score (nSPS) is 12.8. The minimum atomic E-state index is -0.238. The van der Waals surface area contributed by atoms with Crippen molar-refractivity contribution in [1.29, 1.82) is 0 Å². The van der Waals surface area contributed by atoms with E-state index in [1.54, 1.807) is 12.1 Å². The summed E-state index contributed by atoms with van der Waals surface area (Å²) >= 11 is 0. The molecule has 1 aliphatic heterocycles. The van der Waals surface area contributed by atoms with Crippen molar-refractivity contribution in [3.8, 4) is 11.5 Å². The highest BCUT2D eigenvalue weighted by Crippen LogP contribution is 2.35. The first-order chi connectivity index (χ1) is 7.84. The number of fused-ring (bicyclic) bond motifs is 2. The van der Waals surface area contributed by atoms with E-state index >= 15 is 0 Å². The van der Waals surface area contributed by atoms with Crippen LogP contribution < -0.4 is 10.1 Å². The van der Waals surface area contributed by atoms with Gasteiger partial charge in [-0.1, -0.05) is 18.2 Å². The van der Waals surface area contributed by atoms with Crippen LogP contribution in [0.4, 0.5) is 10.1 Å². The smallest absolute Gasteiger partial charge is 0.150 e. The fourth-order valence-electron chi connectivity index (χ4n) is 1.81. The molecule has 0 bridgehead atoms. The van der Waals surface area contributed by atoms with Gasteiger partial charge in [0, 0.05) is 12.1 Å². The van der Waals surface area contributed by atoms with Crippen LogP contribution >= 0.6 is 0 Å². The third-order valence-electron chi connectivity index (χ3n) is 2.64. The molecule has 0 aliphatic carbocycles. The van der Waals surface area contributed by atoms with Crippen molar-refractivity contribution in [2.75, 3.05) is 5.32 Å². The molecule has 0 atom stereocenters. The number of ether oxygens (including phenoxy) is 1. The van der Waals surface area contributed by atoms with Crippen molar-refractivity contribution in [3.05, 3.63) is 53.8 Å². The number of hydrogen-bond donors (Lipinski definition) is 1. The van der Waals surface area contributed by atoms with Gasteiger partial charge in [-0.15, -0.1) is 0 Å². The molecule has 1 aliphatic rings. The van der Waals surface area contributed by atoms with E-state index in [1.165, 1.54) is 6.07 Å². The molecule has 0 aromatic heterocycles. The average Bonchev–Trinajstić information content (AvgIpc) is 2.48. The summed E-state index contributed by atoms with van der Waals surface area (Å²) < 4.78 is 19.2. The van der Waals surface area contributed by atoms with Crippen molar-refractivity contribution in [2.45, 2.75) is 6.54 Å². The number of anilines is 1. The molecule has 0 radical (unpaired) electrons. The second-order valence-corrected chi connectivity index (χ2v) is 3.67. The van der Waals surface area contributed by atoms with Gasteiger partial charge in [-0.25, -0.2) is 4.39 Å². The number of para-hydroxylation sites is 2. The maximum absolute atomic E-state index is 13.6. The van der Waals surface area contributed by atoms with Crippen LogP contribution in [-0.4, -0.2) is 0 Å². The average molecular weight is 215 g/mol. The molecule has 2 aromatic rings. The number of benzene rings is 2. The Hall–Kier alpha value is -2.03. The summed E-state index contributed by atoms with van der Waals surface area (Å²) in [6.07, 6.45) is 0. The van der Waals surface area contributed by atoms with Gasteiger partial charge in [-0.05, 0) is 24.3 Å². The molecule has 2 aromatic carbocycles. The Morgan fingerprint density at radius 2 is 1.81 bits per heavy atom. The Morgan fingerprint density at radius 3 is 2.75 bits per heavy atom. The maximum atomic E-state index is 13.6. The zero-order valence-electron chi connectivity index (χ0n) is 8.53. The molecule has 0 spiro atoms. The number of hydrogen-bond acceptors (Lipinski definition) is 2. The van der Waals surface area contributed by atoms with Gasteiger partial charge in [0.2, 0.25) is 0 Å². The molecule has 2 nitrogen and oxygen atoms in total. The number of nitrogens with one attached hydrogen (secondary N) is 1. The van der Waals surface area contributed by atoms with Gasteiger partial charge >= 0.3 is 0 Å². The molecule has 80 valence electrons. The Balaban J connectivity index is 2.12. The zero-order valence-corrected chi connectivity index (χ0v) is 8.53. The van der Waals surface area contributed by atoms with Gasteiger partial charge in [0.25, 0.3) is 0 Å². The first-order valence-corrected chi connectivity index (χ1v) is 5.13. The first-order valence-electron chi connectivity index (χ1n) is 5.13. The summed E-state index contributed by atoms with van der Waals surface area (Å²) in [6, 6.07) is 12.5. The van der Waals surface area contributed by atoms with Crippen molar-refractivity contribution in [2.24, 2.45) is 0 Å². The van der Waals surface area contributed by atoms with E-state index in [4.69, 9.17) is 4.74 Å². The minimum absolute atomic E-state index is 0.238. The molecule has 0 saturated heterocycles. The van der Waals surface area contributed by atoms with E-state index in [1.807, 2.05) is 24.3 Å². The van der Waals surface area contributed by atoms with E-state index in [0.717, 1.165) is 11.4 Å². The molecule has 3 heteroatoms. The van der Waals surface area contributed by atoms with Crippen LogP contribution in [0.25, 0.3) is 0 Å². The molecule has 16 heavy (non-hydrogen) atoms. The molecule has 1 N–H and O–H groups in total. The van der Waals surface area contributed by atoms with Gasteiger partial charge in [0.15, 0.2) is 5.75 Å². The summed E-state index contributed by atoms with van der Waals surface area (Å²) in [5, 5.41) is 3.16. The van der Waals surface area contributed by atoms with E-state index in [9.17, 15) is 4.39 Å². The summed E-state index contributed by atoms with van der Waals surface area (Å²) in [4.78, 5) is 0. The number of halogens is 1. The third-order valence-corrected chi connectivity index (χ3v) is 2.64. The fourth-order valence-corrected chi connectivity index (χ4v) is 1.81. The van der Waals surface area contributed by atoms with Crippen LogP contribution in [0.5, 0.6) is 11.5 Å². The first kappa shape index (κ1) is 9.21. The fraction of sp³-hybridized carbons (Fsp3) is 0.0769. The second-order valence-electron chi connectivity index (χ2n) is 3.67. The van der Waals surface area contributed by atoms with Crippen LogP contribution in [-0.2, 0) is 6.54 Å². The van der Waals surface area contributed by atoms with Crippen molar-refractivity contribution >= 4 is 5.69 Å². The zero-order chi connectivity index (χ0) is 11.0. The Morgan fingerprint density at radius 1 is 1.00 bits per heavy atom. The highest BCUT2D eigenvalue weighted by atomic mass is 19.1. The quantitative estimate of drug-likeness (QED) is 0.725. The molecule has 0 fully saturated rings. The van der Waals surface area contributed by atoms with Crippen LogP contribution in [0, 0.1) is 5.82 Å². The Kier molecular flexibility index (Phi) is 2.03. The standard InChI is InChI=1S/C13H10FNO/c14-10-4-3-7-12-9(10)8-15-11-5-1-2-6-13(11)16-12/h1-7,15H,8H2. The van der Waals surface area contributed by atoms with Crippen LogP contribution in [0.3, 0.4) is 0 Å². The molecule has 0 amide bonds. The highest BCUT2D eigenvalue weighted by molar-refractivity contribution is 5.60. The number of rotatable bonds is 0. The van der Waals surface area contributed by atoms with Crippen LogP contribution in [0.2, 0.25) is 0 Å². The lowest BCUT2D eigenvalue weighted by Crippen LogP contribution is -1.99. The lowest BCUT2D eigenvalue weighted by atomic mass is 10.2. The van der Waals surface area contributed by atoms with Crippen LogP contribution in [0.1, 0.15) is 5.56 Å². The topological polar surface area (TPSA) is 21.3 Å². The molecular formula is C13H10FNO. The third kappa shape index (κ3) is 1.41. The van der Waals surface area contributed by atoms with Gasteiger partial charge < -0.3 is 10.1 Å². The molecular weight excluding hydrogens is 205 g/mol. The summed E-state index contributed by atoms with van der Waals surface area (Å²) in [7, 11) is 0. The maximum Gasteiger partial charge on any atom is 0.150 e. The summed E-state index contributed by atoms with van der Waals surface area (Å²) in [5.74, 6) is 1.07. The largest absolute Gasteiger partial charge is 0.455 e. The SMILES string of the molecule is Fc1cccc2c1CNc1ccccc1O2. The minimum Gasteiger partial charge on any atom is -0.455 e. The van der Waals surface area contributed by atoms with Crippen molar-refractivity contribution in [1.82, 2.24) is 0 Å². The monoisotopic (exact) mass is 215 g/mol. The van der Waals surface area contributed by atoms with Crippen molar-refractivity contribution < 1.29 is 9.13 Å². The Labute approximate surface area is 92.7 Å². The summed E-state index contributed by atoms with van der Waals surface area (Å²) in [6.45, 7) is 0.443. The van der Waals surface area contributed by atoms with Crippen LogP contribution in [0.15, 0.2) is 42.5 Å². The van der Waals surface area contributed by atoms with Gasteiger partial charge in [-0.2, -0.15) is 0 Å². The van der Waals surface area contributed by atoms with Crippen molar-refractivity contribution in [3.63, 3.8) is 0 Å². The molecule has 0 unspecified atom stereocenters. The summed E-state index contributed by atoms with van der Waals surface area (Å²) in [5.41, 5.74) is 1.46. The predicted octanol–water partition coefficient (Wildman–Crippen LogP) is 3.54. The van der Waals surface area contributed by atoms with E-state index in [0.29, 0.717) is 17.9 Å². The van der Waals surface area contributed by atoms with E-state index in [-0.39, 0.29) is 5.82 Å². The Bertz CT molecular complexity index is 539. The van der Waals surface area contributed by atoms with Gasteiger partial charge in [0.1, 0.15) is 11.6 Å². The molecule has 1 heterocycles. The van der Waals surface area contributed by atoms with Gasteiger partial charge in [-0.3, -0.25) is 0 Å². The lowest BCUT2D eigenvalue weighted by molar-refractivity contribution is 0.476. The van der Waals surface area contributed by atoms with Gasteiger partial charge in [0.05, 0.1) is 5.69 Å². The van der Waals surface area contributed by atoms with E-state index in [2.05, 4.69) is 5.32 Å². The van der Waals surface area contributed by atoms with E-state index < -0.39 is 0 Å². The lowest BCUT2D eigenvalue weighted by Gasteiger charge is -2.07. The predicted molar refractivity (Wildman–Crippen MR) is 60.2 cm³/mol. The molecule has 3 rings (SSSR count).